The first-order valence-electron chi connectivity index (χ1n) is 7.34. The fraction of sp³-hybridized carbons (Fsp3) is 0.235. The van der Waals surface area contributed by atoms with Gasteiger partial charge in [-0.1, -0.05) is 44.2 Å². The summed E-state index contributed by atoms with van der Waals surface area (Å²) in [5.41, 5.74) is 1.93. The largest absolute Gasteiger partial charge is 0.355 e. The van der Waals surface area contributed by atoms with E-state index in [2.05, 4.69) is 36.6 Å². The molecular formula is C17H19N3O2S. The number of hydrogen-bond acceptors (Lipinski definition) is 3. The van der Waals surface area contributed by atoms with Crippen LogP contribution >= 0.6 is 12.2 Å². The van der Waals surface area contributed by atoms with Gasteiger partial charge in [0, 0.05) is 17.8 Å². The van der Waals surface area contributed by atoms with Gasteiger partial charge in [0.1, 0.15) is 0 Å². The summed E-state index contributed by atoms with van der Waals surface area (Å²) in [6, 6.07) is 16.4. The van der Waals surface area contributed by atoms with Gasteiger partial charge in [-0.2, -0.15) is 0 Å². The molecule has 1 atom stereocenters. The molecule has 6 heteroatoms. The molecule has 0 aliphatic rings. The minimum Gasteiger partial charge on any atom is -0.355 e. The first-order valence-corrected chi connectivity index (χ1v) is 7.75. The van der Waals surface area contributed by atoms with Crippen molar-refractivity contribution in [3.63, 3.8) is 0 Å². The summed E-state index contributed by atoms with van der Waals surface area (Å²) >= 11 is 5.36. The van der Waals surface area contributed by atoms with Gasteiger partial charge in [0.15, 0.2) is 5.11 Å². The first kappa shape index (κ1) is 16.9. The number of rotatable bonds is 5. The predicted octanol–water partition coefficient (Wildman–Crippen LogP) is 4.28. The van der Waals surface area contributed by atoms with Crippen molar-refractivity contribution in [2.45, 2.75) is 19.9 Å². The van der Waals surface area contributed by atoms with Gasteiger partial charge in [-0.3, -0.25) is 10.1 Å². The van der Waals surface area contributed by atoms with E-state index in [4.69, 9.17) is 12.2 Å². The van der Waals surface area contributed by atoms with Crippen LogP contribution in [0.5, 0.6) is 0 Å². The second kappa shape index (κ2) is 7.69. The normalized spacial score (nSPS) is 11.8. The summed E-state index contributed by atoms with van der Waals surface area (Å²) in [7, 11) is 0. The molecule has 2 aromatic rings. The highest BCUT2D eigenvalue weighted by Crippen LogP contribution is 2.22. The molecule has 0 aliphatic carbocycles. The highest BCUT2D eigenvalue weighted by molar-refractivity contribution is 7.80. The van der Waals surface area contributed by atoms with Crippen LogP contribution in [0.25, 0.3) is 0 Å². The standard InChI is InChI=1S/C17H19N3O2S/c1-12(2)16(13-6-4-3-5-7-13)19-17(23)18-14-8-10-15(11-9-14)20(21)22/h3-12,16H,1-2H3,(H2,18,19,23)/t16-/m0/s1. The van der Waals surface area contributed by atoms with Gasteiger partial charge >= 0.3 is 0 Å². The van der Waals surface area contributed by atoms with E-state index in [9.17, 15) is 10.1 Å². The maximum Gasteiger partial charge on any atom is 0.269 e. The van der Waals surface area contributed by atoms with Crippen LogP contribution in [0.3, 0.4) is 0 Å². The van der Waals surface area contributed by atoms with Gasteiger partial charge in [0.25, 0.3) is 5.69 Å². The van der Waals surface area contributed by atoms with Crippen molar-refractivity contribution in [1.29, 1.82) is 0 Å². The highest BCUT2D eigenvalue weighted by Gasteiger charge is 2.16. The summed E-state index contributed by atoms with van der Waals surface area (Å²) in [6.45, 7) is 4.25. The number of nitrogens with one attached hydrogen (secondary N) is 2. The first-order chi connectivity index (χ1) is 11.0. The Labute approximate surface area is 140 Å². The number of anilines is 1. The van der Waals surface area contributed by atoms with Crippen molar-refractivity contribution in [3.05, 3.63) is 70.3 Å². The molecule has 0 radical (unpaired) electrons. The van der Waals surface area contributed by atoms with Crippen LogP contribution in [0.15, 0.2) is 54.6 Å². The van der Waals surface area contributed by atoms with Crippen LogP contribution in [-0.4, -0.2) is 10.0 Å². The molecule has 0 heterocycles. The van der Waals surface area contributed by atoms with Crippen molar-refractivity contribution in [3.8, 4) is 0 Å². The topological polar surface area (TPSA) is 67.2 Å². The van der Waals surface area contributed by atoms with Crippen LogP contribution in [0.2, 0.25) is 0 Å². The third-order valence-corrected chi connectivity index (χ3v) is 3.67. The zero-order valence-electron chi connectivity index (χ0n) is 13.0. The van der Waals surface area contributed by atoms with Crippen LogP contribution in [0, 0.1) is 16.0 Å². The van der Waals surface area contributed by atoms with Crippen LogP contribution in [-0.2, 0) is 0 Å². The third kappa shape index (κ3) is 4.75. The lowest BCUT2D eigenvalue weighted by Gasteiger charge is -2.24. The molecule has 0 aliphatic heterocycles. The van der Waals surface area contributed by atoms with Crippen molar-refractivity contribution in [2.75, 3.05) is 5.32 Å². The molecule has 0 bridgehead atoms. The zero-order chi connectivity index (χ0) is 16.8. The quantitative estimate of drug-likeness (QED) is 0.487. The molecule has 0 amide bonds. The molecule has 23 heavy (non-hydrogen) atoms. The van der Waals surface area contributed by atoms with E-state index in [1.54, 1.807) is 12.1 Å². The van der Waals surface area contributed by atoms with Gasteiger partial charge in [-0.05, 0) is 35.8 Å². The van der Waals surface area contributed by atoms with E-state index in [0.717, 1.165) is 5.56 Å². The van der Waals surface area contributed by atoms with Crippen molar-refractivity contribution >= 4 is 28.7 Å². The molecule has 0 saturated carbocycles. The molecule has 0 unspecified atom stereocenters. The predicted molar refractivity (Wildman–Crippen MR) is 96.5 cm³/mol. The Morgan fingerprint density at radius 2 is 1.70 bits per heavy atom. The second-order valence-electron chi connectivity index (χ2n) is 5.53. The fourth-order valence-electron chi connectivity index (χ4n) is 2.27. The molecule has 0 spiro atoms. The Morgan fingerprint density at radius 3 is 2.22 bits per heavy atom. The van der Waals surface area contributed by atoms with Crippen LogP contribution in [0.1, 0.15) is 25.5 Å². The molecular weight excluding hydrogens is 310 g/mol. The summed E-state index contributed by atoms with van der Waals surface area (Å²) in [5.74, 6) is 0.356. The van der Waals surface area contributed by atoms with E-state index >= 15 is 0 Å². The summed E-state index contributed by atoms with van der Waals surface area (Å²) in [4.78, 5) is 10.2. The lowest BCUT2D eigenvalue weighted by Crippen LogP contribution is -2.34. The van der Waals surface area contributed by atoms with Gasteiger partial charge < -0.3 is 10.6 Å². The molecule has 2 rings (SSSR count). The number of nitrogens with zero attached hydrogens (tertiary/aromatic N) is 1. The molecule has 2 N–H and O–H groups in total. The smallest absolute Gasteiger partial charge is 0.269 e. The fourth-order valence-corrected chi connectivity index (χ4v) is 2.51. The van der Waals surface area contributed by atoms with Crippen molar-refractivity contribution < 1.29 is 4.92 Å². The Bertz CT molecular complexity index is 672. The highest BCUT2D eigenvalue weighted by atomic mass is 32.1. The van der Waals surface area contributed by atoms with Gasteiger partial charge in [0.2, 0.25) is 0 Å². The van der Waals surface area contributed by atoms with Crippen LogP contribution < -0.4 is 10.6 Å². The number of hydrogen-bond donors (Lipinski definition) is 2. The van der Waals surface area contributed by atoms with E-state index in [1.807, 2.05) is 18.2 Å². The number of benzene rings is 2. The molecule has 0 aromatic heterocycles. The third-order valence-electron chi connectivity index (χ3n) is 3.45. The van der Waals surface area contributed by atoms with E-state index < -0.39 is 4.92 Å². The van der Waals surface area contributed by atoms with Gasteiger partial charge in [-0.25, -0.2) is 0 Å². The van der Waals surface area contributed by atoms with E-state index in [1.165, 1.54) is 12.1 Å². The number of nitro benzene ring substituents is 1. The monoisotopic (exact) mass is 329 g/mol. The molecule has 5 nitrogen and oxygen atoms in total. The summed E-state index contributed by atoms with van der Waals surface area (Å²) in [6.07, 6.45) is 0. The molecule has 120 valence electrons. The average molecular weight is 329 g/mol. The number of thiocarbonyl (C=S) groups is 1. The molecule has 0 saturated heterocycles. The zero-order valence-corrected chi connectivity index (χ0v) is 13.8. The summed E-state index contributed by atoms with van der Waals surface area (Å²) < 4.78 is 0. The minimum absolute atomic E-state index is 0.0544. The maximum atomic E-state index is 10.7. The van der Waals surface area contributed by atoms with E-state index in [0.29, 0.717) is 16.7 Å². The van der Waals surface area contributed by atoms with E-state index in [-0.39, 0.29) is 11.7 Å². The molecule has 0 fully saturated rings. The minimum atomic E-state index is -0.426. The number of non-ortho nitro benzene ring substituents is 1. The van der Waals surface area contributed by atoms with Crippen molar-refractivity contribution in [1.82, 2.24) is 5.32 Å². The average Bonchev–Trinajstić information content (AvgIpc) is 2.53. The maximum absolute atomic E-state index is 10.7. The number of nitro groups is 1. The Kier molecular flexibility index (Phi) is 5.65. The second-order valence-corrected chi connectivity index (χ2v) is 5.94. The lowest BCUT2D eigenvalue weighted by molar-refractivity contribution is -0.384. The van der Waals surface area contributed by atoms with Crippen LogP contribution in [0.4, 0.5) is 11.4 Å². The van der Waals surface area contributed by atoms with Gasteiger partial charge in [-0.15, -0.1) is 0 Å². The SMILES string of the molecule is CC(C)[C@H](NC(=S)Nc1ccc([N+](=O)[O-])cc1)c1ccccc1. The van der Waals surface area contributed by atoms with Gasteiger partial charge in [0.05, 0.1) is 11.0 Å². The summed E-state index contributed by atoms with van der Waals surface area (Å²) in [5, 5.41) is 17.5. The Morgan fingerprint density at radius 1 is 1.09 bits per heavy atom. The molecule has 2 aromatic carbocycles. The Hall–Kier alpha value is -2.47. The Balaban J connectivity index is 2.03. The van der Waals surface area contributed by atoms with Crippen molar-refractivity contribution in [2.24, 2.45) is 5.92 Å². The lowest BCUT2D eigenvalue weighted by atomic mass is 9.96.